The number of carbonyl (C=O) groups is 1. The third kappa shape index (κ3) is 3.26. The highest BCUT2D eigenvalue weighted by atomic mass is 16.1. The zero-order valence-electron chi connectivity index (χ0n) is 10.2. The number of nitrogens with two attached hydrogens (primary N) is 1. The molecule has 0 aromatic heterocycles. The third-order valence-electron chi connectivity index (χ3n) is 2.64. The first-order valence-corrected chi connectivity index (χ1v) is 5.71. The highest BCUT2D eigenvalue weighted by molar-refractivity contribution is 5.95. The van der Waals surface area contributed by atoms with Crippen LogP contribution in [0.15, 0.2) is 18.2 Å². The summed E-state index contributed by atoms with van der Waals surface area (Å²) in [5.74, 6) is -0.0485. The summed E-state index contributed by atoms with van der Waals surface area (Å²) >= 11 is 0. The van der Waals surface area contributed by atoms with Gasteiger partial charge in [0.1, 0.15) is 0 Å². The van der Waals surface area contributed by atoms with E-state index in [0.29, 0.717) is 11.3 Å². The topological polar surface area (TPSA) is 55.1 Å². The van der Waals surface area contributed by atoms with E-state index in [1.807, 2.05) is 19.9 Å². The Morgan fingerprint density at radius 3 is 2.75 bits per heavy atom. The second-order valence-electron chi connectivity index (χ2n) is 4.23. The Bertz CT molecular complexity index is 374. The predicted molar refractivity (Wildman–Crippen MR) is 67.4 cm³/mol. The minimum Gasteiger partial charge on any atom is -0.398 e. The summed E-state index contributed by atoms with van der Waals surface area (Å²) in [6.07, 6.45) is 2.06. The van der Waals surface area contributed by atoms with E-state index >= 15 is 0 Å². The van der Waals surface area contributed by atoms with Crippen molar-refractivity contribution in [2.24, 2.45) is 0 Å². The quantitative estimate of drug-likeness (QED) is 0.766. The lowest BCUT2D eigenvalue weighted by molar-refractivity contribution is 0.0938. The van der Waals surface area contributed by atoms with Crippen LogP contribution in [0.5, 0.6) is 0 Å². The molecule has 0 saturated carbocycles. The molecule has 1 unspecified atom stereocenters. The Hall–Kier alpha value is -1.51. The molecule has 3 nitrogen and oxygen atoms in total. The lowest BCUT2D eigenvalue weighted by Crippen LogP contribution is -2.32. The molecule has 88 valence electrons. The number of nitrogen functional groups attached to an aromatic ring is 1. The van der Waals surface area contributed by atoms with Gasteiger partial charge >= 0.3 is 0 Å². The van der Waals surface area contributed by atoms with E-state index in [9.17, 15) is 4.79 Å². The van der Waals surface area contributed by atoms with Crippen LogP contribution in [0.1, 0.15) is 42.6 Å². The number of benzene rings is 1. The molecule has 1 rings (SSSR count). The third-order valence-corrected chi connectivity index (χ3v) is 2.64. The van der Waals surface area contributed by atoms with Crippen molar-refractivity contribution in [3.05, 3.63) is 29.3 Å². The fourth-order valence-corrected chi connectivity index (χ4v) is 1.59. The number of rotatable bonds is 4. The zero-order chi connectivity index (χ0) is 12.1. The summed E-state index contributed by atoms with van der Waals surface area (Å²) in [5, 5.41) is 2.95. The van der Waals surface area contributed by atoms with Crippen molar-refractivity contribution in [1.82, 2.24) is 5.32 Å². The standard InChI is InChI=1S/C13H20N2O/c1-4-5-10(3)15-13(16)11-7-6-9(2)12(14)8-11/h6-8,10H,4-5,14H2,1-3H3,(H,15,16). The van der Waals surface area contributed by atoms with E-state index in [-0.39, 0.29) is 11.9 Å². The van der Waals surface area contributed by atoms with Gasteiger partial charge in [-0.25, -0.2) is 0 Å². The number of nitrogens with one attached hydrogen (secondary N) is 1. The van der Waals surface area contributed by atoms with E-state index in [4.69, 9.17) is 5.73 Å². The van der Waals surface area contributed by atoms with Gasteiger partial charge < -0.3 is 11.1 Å². The Kier molecular flexibility index (Phi) is 4.35. The van der Waals surface area contributed by atoms with Crippen LogP contribution in [0.3, 0.4) is 0 Å². The first kappa shape index (κ1) is 12.6. The Morgan fingerprint density at radius 2 is 2.19 bits per heavy atom. The van der Waals surface area contributed by atoms with Crippen molar-refractivity contribution in [2.45, 2.75) is 39.7 Å². The van der Waals surface area contributed by atoms with Crippen LogP contribution in [0, 0.1) is 6.92 Å². The normalized spacial score (nSPS) is 12.2. The van der Waals surface area contributed by atoms with Crippen molar-refractivity contribution in [3.63, 3.8) is 0 Å². The summed E-state index contributed by atoms with van der Waals surface area (Å²) in [6.45, 7) is 6.04. The lowest BCUT2D eigenvalue weighted by Gasteiger charge is -2.13. The Balaban J connectivity index is 2.69. The van der Waals surface area contributed by atoms with E-state index in [1.165, 1.54) is 0 Å². The molecule has 1 amide bonds. The van der Waals surface area contributed by atoms with Crippen LogP contribution in [0.4, 0.5) is 5.69 Å². The van der Waals surface area contributed by atoms with E-state index in [2.05, 4.69) is 12.2 Å². The molecule has 0 heterocycles. The number of aryl methyl sites for hydroxylation is 1. The van der Waals surface area contributed by atoms with Crippen LogP contribution in [0.2, 0.25) is 0 Å². The average Bonchev–Trinajstić information content (AvgIpc) is 2.22. The van der Waals surface area contributed by atoms with Gasteiger partial charge in [0.05, 0.1) is 0 Å². The predicted octanol–water partition coefficient (Wildman–Crippen LogP) is 2.50. The highest BCUT2D eigenvalue weighted by Gasteiger charge is 2.09. The SMILES string of the molecule is CCCC(C)NC(=O)c1ccc(C)c(N)c1. The summed E-state index contributed by atoms with van der Waals surface area (Å²) < 4.78 is 0. The van der Waals surface area contributed by atoms with Gasteiger partial charge in [-0.3, -0.25) is 4.79 Å². The smallest absolute Gasteiger partial charge is 0.251 e. The van der Waals surface area contributed by atoms with Crippen LogP contribution >= 0.6 is 0 Å². The first-order valence-electron chi connectivity index (χ1n) is 5.71. The molecule has 0 aliphatic rings. The Morgan fingerprint density at radius 1 is 1.50 bits per heavy atom. The molecule has 0 aliphatic heterocycles. The maximum absolute atomic E-state index is 11.8. The van der Waals surface area contributed by atoms with Gasteiger partial charge in [-0.1, -0.05) is 19.4 Å². The number of amides is 1. The largest absolute Gasteiger partial charge is 0.398 e. The highest BCUT2D eigenvalue weighted by Crippen LogP contribution is 2.13. The van der Waals surface area contributed by atoms with Gasteiger partial charge in [0, 0.05) is 17.3 Å². The fourth-order valence-electron chi connectivity index (χ4n) is 1.59. The van der Waals surface area contributed by atoms with Gasteiger partial charge in [0.2, 0.25) is 0 Å². The molecular formula is C13H20N2O. The number of anilines is 1. The van der Waals surface area contributed by atoms with Crippen molar-refractivity contribution >= 4 is 11.6 Å². The summed E-state index contributed by atoms with van der Waals surface area (Å²) in [4.78, 5) is 11.8. The summed E-state index contributed by atoms with van der Waals surface area (Å²) in [6, 6.07) is 5.61. The molecule has 1 aromatic carbocycles. The molecule has 0 bridgehead atoms. The van der Waals surface area contributed by atoms with E-state index < -0.39 is 0 Å². The summed E-state index contributed by atoms with van der Waals surface area (Å²) in [7, 11) is 0. The van der Waals surface area contributed by atoms with Crippen LogP contribution in [-0.4, -0.2) is 11.9 Å². The van der Waals surface area contributed by atoms with E-state index in [0.717, 1.165) is 18.4 Å². The number of carbonyl (C=O) groups excluding carboxylic acids is 1. The fraction of sp³-hybridized carbons (Fsp3) is 0.462. The molecule has 1 atom stereocenters. The van der Waals surface area contributed by atoms with Gasteiger partial charge in [-0.15, -0.1) is 0 Å². The molecule has 0 spiro atoms. The molecule has 0 saturated heterocycles. The minimum atomic E-state index is -0.0485. The first-order chi connectivity index (χ1) is 7.54. The van der Waals surface area contributed by atoms with Gasteiger partial charge in [0.25, 0.3) is 5.91 Å². The second-order valence-corrected chi connectivity index (χ2v) is 4.23. The monoisotopic (exact) mass is 220 g/mol. The van der Waals surface area contributed by atoms with Crippen molar-refractivity contribution in [3.8, 4) is 0 Å². The Labute approximate surface area is 97.0 Å². The maximum Gasteiger partial charge on any atom is 0.251 e. The second kappa shape index (κ2) is 5.54. The van der Waals surface area contributed by atoms with Gasteiger partial charge in [0.15, 0.2) is 0 Å². The number of hydrogen-bond acceptors (Lipinski definition) is 2. The minimum absolute atomic E-state index is 0.0485. The van der Waals surface area contributed by atoms with Crippen LogP contribution in [-0.2, 0) is 0 Å². The molecule has 0 radical (unpaired) electrons. The number of hydrogen-bond donors (Lipinski definition) is 2. The molecule has 0 aliphatic carbocycles. The van der Waals surface area contributed by atoms with Gasteiger partial charge in [-0.2, -0.15) is 0 Å². The molecule has 0 fully saturated rings. The maximum atomic E-state index is 11.8. The van der Waals surface area contributed by atoms with Crippen LogP contribution < -0.4 is 11.1 Å². The average molecular weight is 220 g/mol. The summed E-state index contributed by atoms with van der Waals surface area (Å²) in [5.41, 5.74) is 8.06. The molecule has 3 heteroatoms. The van der Waals surface area contributed by atoms with Crippen molar-refractivity contribution < 1.29 is 4.79 Å². The van der Waals surface area contributed by atoms with E-state index in [1.54, 1.807) is 12.1 Å². The van der Waals surface area contributed by atoms with Crippen LogP contribution in [0.25, 0.3) is 0 Å². The van der Waals surface area contributed by atoms with Crippen molar-refractivity contribution in [2.75, 3.05) is 5.73 Å². The van der Waals surface area contributed by atoms with Crippen molar-refractivity contribution in [1.29, 1.82) is 0 Å². The molecular weight excluding hydrogens is 200 g/mol. The molecule has 16 heavy (non-hydrogen) atoms. The lowest BCUT2D eigenvalue weighted by atomic mass is 10.1. The molecule has 3 N–H and O–H groups in total. The van der Waals surface area contributed by atoms with Gasteiger partial charge in [-0.05, 0) is 38.0 Å². The zero-order valence-corrected chi connectivity index (χ0v) is 10.2. The molecule has 1 aromatic rings.